The fourth-order valence-corrected chi connectivity index (χ4v) is 3.41. The lowest BCUT2D eigenvalue weighted by atomic mass is 9.96. The lowest BCUT2D eigenvalue weighted by Gasteiger charge is -2.22. The number of methoxy groups -OCH3 is 2. The van der Waals surface area contributed by atoms with E-state index in [1.54, 1.807) is 38.5 Å². The van der Waals surface area contributed by atoms with Crippen molar-refractivity contribution in [2.45, 2.75) is 13.0 Å². The van der Waals surface area contributed by atoms with E-state index in [0.29, 0.717) is 22.8 Å². The molecule has 2 unspecified atom stereocenters. The molecule has 28 heavy (non-hydrogen) atoms. The standard InChI is InChI=1S/C23H23O4P/c1-15-9-7-8-12-18(15)22(21(24)16-10-5-4-6-11-16)27-17-13-19(25-2)23(28)20(14-17)26-3/h4-14,22H,28H2,1-3H3. The molecule has 3 aromatic carbocycles. The normalized spacial score (nSPS) is 11.6. The van der Waals surface area contributed by atoms with Gasteiger partial charge in [-0.1, -0.05) is 63.8 Å². The molecule has 0 N–H and O–H groups in total. The van der Waals surface area contributed by atoms with Crippen molar-refractivity contribution in [3.8, 4) is 17.2 Å². The molecular weight excluding hydrogens is 371 g/mol. The van der Waals surface area contributed by atoms with Crippen LogP contribution in [0.1, 0.15) is 27.6 Å². The van der Waals surface area contributed by atoms with Crippen molar-refractivity contribution >= 4 is 20.3 Å². The summed E-state index contributed by atoms with van der Waals surface area (Å²) in [6, 6.07) is 20.4. The summed E-state index contributed by atoms with van der Waals surface area (Å²) < 4.78 is 17.1. The molecule has 3 aromatic rings. The molecule has 0 spiro atoms. The Morgan fingerprint density at radius 2 is 1.46 bits per heavy atom. The van der Waals surface area contributed by atoms with Crippen LogP contribution in [-0.2, 0) is 0 Å². The zero-order valence-electron chi connectivity index (χ0n) is 16.1. The first kappa shape index (κ1) is 19.9. The Bertz CT molecular complexity index is 944. The summed E-state index contributed by atoms with van der Waals surface area (Å²) in [5.74, 6) is 1.60. The van der Waals surface area contributed by atoms with E-state index in [-0.39, 0.29) is 5.78 Å². The predicted octanol–water partition coefficient (Wildman–Crippen LogP) is 4.52. The number of hydrogen-bond acceptors (Lipinski definition) is 4. The van der Waals surface area contributed by atoms with Crippen molar-refractivity contribution < 1.29 is 19.0 Å². The van der Waals surface area contributed by atoms with Gasteiger partial charge in [-0.3, -0.25) is 4.79 Å². The SMILES string of the molecule is COc1cc(OC(C(=O)c2ccccc2)c2ccccc2C)cc(OC)c1P. The van der Waals surface area contributed by atoms with Crippen LogP contribution < -0.4 is 19.5 Å². The minimum atomic E-state index is -0.784. The Morgan fingerprint density at radius 3 is 2.04 bits per heavy atom. The van der Waals surface area contributed by atoms with Crippen LogP contribution in [-0.4, -0.2) is 20.0 Å². The predicted molar refractivity (Wildman–Crippen MR) is 114 cm³/mol. The fraction of sp³-hybridized carbons (Fsp3) is 0.174. The van der Waals surface area contributed by atoms with Gasteiger partial charge in [0.15, 0.2) is 6.10 Å². The minimum absolute atomic E-state index is 0.109. The molecule has 0 aliphatic rings. The highest BCUT2D eigenvalue weighted by Crippen LogP contribution is 2.33. The number of carbonyl (C=O) groups excluding carboxylic acids is 1. The van der Waals surface area contributed by atoms with E-state index in [1.165, 1.54) is 0 Å². The Morgan fingerprint density at radius 1 is 0.893 bits per heavy atom. The molecule has 0 saturated carbocycles. The van der Waals surface area contributed by atoms with Gasteiger partial charge in [-0.25, -0.2) is 0 Å². The van der Waals surface area contributed by atoms with Crippen LogP contribution in [0.3, 0.4) is 0 Å². The molecule has 0 aromatic heterocycles. The quantitative estimate of drug-likeness (QED) is 0.437. The van der Waals surface area contributed by atoms with Gasteiger partial charge in [0.2, 0.25) is 5.78 Å². The van der Waals surface area contributed by atoms with Crippen LogP contribution in [0.4, 0.5) is 0 Å². The first-order valence-corrected chi connectivity index (χ1v) is 9.45. The van der Waals surface area contributed by atoms with E-state index < -0.39 is 6.10 Å². The zero-order valence-corrected chi connectivity index (χ0v) is 17.3. The maximum absolute atomic E-state index is 13.3. The van der Waals surface area contributed by atoms with Gasteiger partial charge in [0.25, 0.3) is 0 Å². The number of hydrogen-bond donors (Lipinski definition) is 0. The third-order valence-electron chi connectivity index (χ3n) is 4.54. The Labute approximate surface area is 167 Å². The van der Waals surface area contributed by atoms with Crippen LogP contribution in [0.5, 0.6) is 17.2 Å². The number of ether oxygens (including phenoxy) is 3. The molecule has 4 nitrogen and oxygen atoms in total. The highest BCUT2D eigenvalue weighted by molar-refractivity contribution is 7.28. The molecule has 0 bridgehead atoms. The van der Waals surface area contributed by atoms with Gasteiger partial charge in [0.05, 0.1) is 19.5 Å². The molecule has 0 fully saturated rings. The van der Waals surface area contributed by atoms with E-state index in [0.717, 1.165) is 16.4 Å². The van der Waals surface area contributed by atoms with Crippen LogP contribution in [0, 0.1) is 6.92 Å². The van der Waals surface area contributed by atoms with E-state index in [2.05, 4.69) is 9.24 Å². The highest BCUT2D eigenvalue weighted by atomic mass is 31.0. The summed E-state index contributed by atoms with van der Waals surface area (Å²) in [5, 5.41) is 0.791. The van der Waals surface area contributed by atoms with Crippen LogP contribution in [0.15, 0.2) is 66.7 Å². The highest BCUT2D eigenvalue weighted by Gasteiger charge is 2.26. The molecule has 2 atom stereocenters. The third-order valence-corrected chi connectivity index (χ3v) is 5.11. The van der Waals surface area contributed by atoms with Gasteiger partial charge < -0.3 is 14.2 Å². The lowest BCUT2D eigenvalue weighted by molar-refractivity contribution is 0.0790. The van der Waals surface area contributed by atoms with Gasteiger partial charge in [0, 0.05) is 23.3 Å². The average Bonchev–Trinajstić information content (AvgIpc) is 2.73. The van der Waals surface area contributed by atoms with E-state index in [4.69, 9.17) is 14.2 Å². The van der Waals surface area contributed by atoms with Gasteiger partial charge in [-0.05, 0) is 12.5 Å². The number of Topliss-reactive ketones (excluding diaryl/α,β-unsaturated/α-hetero) is 1. The van der Waals surface area contributed by atoms with Crippen molar-refractivity contribution in [3.63, 3.8) is 0 Å². The molecular formula is C23H23O4P. The summed E-state index contributed by atoms with van der Waals surface area (Å²) >= 11 is 0. The average molecular weight is 394 g/mol. The number of rotatable bonds is 7. The molecule has 0 radical (unpaired) electrons. The number of benzene rings is 3. The third kappa shape index (κ3) is 4.18. The van der Waals surface area contributed by atoms with Crippen molar-refractivity contribution in [1.29, 1.82) is 0 Å². The van der Waals surface area contributed by atoms with Crippen LogP contribution in [0.25, 0.3) is 0 Å². The maximum Gasteiger partial charge on any atom is 0.207 e. The Hall–Kier alpha value is -2.84. The monoisotopic (exact) mass is 394 g/mol. The smallest absolute Gasteiger partial charge is 0.207 e. The summed E-state index contributed by atoms with van der Waals surface area (Å²) in [4.78, 5) is 13.3. The molecule has 0 heterocycles. The molecule has 3 rings (SSSR count). The summed E-state index contributed by atoms with van der Waals surface area (Å²) in [6.07, 6.45) is -0.784. The summed E-state index contributed by atoms with van der Waals surface area (Å²) in [6.45, 7) is 1.97. The molecule has 5 heteroatoms. The van der Waals surface area contributed by atoms with Gasteiger partial charge in [0.1, 0.15) is 17.2 Å². The van der Waals surface area contributed by atoms with Crippen molar-refractivity contribution in [3.05, 3.63) is 83.4 Å². The first-order valence-electron chi connectivity index (χ1n) is 8.88. The largest absolute Gasteiger partial charge is 0.496 e. The van der Waals surface area contributed by atoms with Gasteiger partial charge >= 0.3 is 0 Å². The second kappa shape index (κ2) is 8.90. The molecule has 144 valence electrons. The molecule has 0 amide bonds. The van der Waals surface area contributed by atoms with Gasteiger partial charge in [-0.15, -0.1) is 0 Å². The first-order chi connectivity index (χ1) is 13.5. The zero-order chi connectivity index (χ0) is 20.1. The summed E-state index contributed by atoms with van der Waals surface area (Å²) in [7, 11) is 5.76. The number of aryl methyl sites for hydroxylation is 1. The van der Waals surface area contributed by atoms with Gasteiger partial charge in [-0.2, -0.15) is 0 Å². The Balaban J connectivity index is 2.06. The lowest BCUT2D eigenvalue weighted by Crippen LogP contribution is -2.20. The second-order valence-corrected chi connectivity index (χ2v) is 6.90. The van der Waals surface area contributed by atoms with Crippen LogP contribution >= 0.6 is 9.24 Å². The minimum Gasteiger partial charge on any atom is -0.496 e. The van der Waals surface area contributed by atoms with E-state index in [9.17, 15) is 4.79 Å². The van der Waals surface area contributed by atoms with E-state index >= 15 is 0 Å². The second-order valence-electron chi connectivity index (χ2n) is 6.33. The van der Waals surface area contributed by atoms with E-state index in [1.807, 2.05) is 49.4 Å². The number of carbonyl (C=O) groups is 1. The molecule has 0 aliphatic heterocycles. The Kier molecular flexibility index (Phi) is 6.33. The topological polar surface area (TPSA) is 44.8 Å². The van der Waals surface area contributed by atoms with Crippen molar-refractivity contribution in [1.82, 2.24) is 0 Å². The number of ketones is 1. The van der Waals surface area contributed by atoms with Crippen LogP contribution in [0.2, 0.25) is 0 Å². The van der Waals surface area contributed by atoms with Crippen molar-refractivity contribution in [2.24, 2.45) is 0 Å². The van der Waals surface area contributed by atoms with Crippen molar-refractivity contribution in [2.75, 3.05) is 14.2 Å². The maximum atomic E-state index is 13.3. The molecule has 0 saturated heterocycles. The summed E-state index contributed by atoms with van der Waals surface area (Å²) in [5.41, 5.74) is 2.40. The fourth-order valence-electron chi connectivity index (χ4n) is 3.01. The molecule has 0 aliphatic carbocycles.